The molecule has 0 atom stereocenters. The van der Waals surface area contributed by atoms with Crippen LogP contribution in [0, 0.1) is 11.3 Å². The van der Waals surface area contributed by atoms with Crippen molar-refractivity contribution in [3.63, 3.8) is 0 Å². The average Bonchev–Trinajstić information content (AvgIpc) is 3.66. The molecule has 11 heteroatoms. The van der Waals surface area contributed by atoms with Crippen LogP contribution in [0.2, 0.25) is 0 Å². The lowest BCUT2D eigenvalue weighted by Crippen LogP contribution is -2.35. The zero-order valence-corrected chi connectivity index (χ0v) is 21.9. The van der Waals surface area contributed by atoms with E-state index in [1.807, 2.05) is 31.7 Å². The van der Waals surface area contributed by atoms with E-state index in [9.17, 15) is 28.0 Å². The fraction of sp³-hybridized carbons (Fsp3) is 0.464. The van der Waals surface area contributed by atoms with Crippen LogP contribution in [0.3, 0.4) is 0 Å². The zero-order valence-electron chi connectivity index (χ0n) is 21.9. The van der Waals surface area contributed by atoms with Gasteiger partial charge in [-0.1, -0.05) is 26.8 Å². The Bertz CT molecular complexity index is 1420. The van der Waals surface area contributed by atoms with Crippen molar-refractivity contribution in [1.82, 2.24) is 9.88 Å². The fourth-order valence-electron chi connectivity index (χ4n) is 4.89. The number of aromatic nitrogens is 1. The maximum Gasteiger partial charge on any atom is 0.473 e. The highest BCUT2D eigenvalue weighted by Crippen LogP contribution is 2.42. The fourth-order valence-corrected chi connectivity index (χ4v) is 4.89. The van der Waals surface area contributed by atoms with Crippen LogP contribution < -0.4 is 9.64 Å². The molecule has 204 valence electrons. The maximum atomic E-state index is 13.6. The van der Waals surface area contributed by atoms with E-state index in [1.54, 1.807) is 18.2 Å². The molecule has 2 aliphatic heterocycles. The molecule has 0 spiro atoms. The second-order valence-corrected chi connectivity index (χ2v) is 11.1. The summed E-state index contributed by atoms with van der Waals surface area (Å²) in [5.74, 6) is -1.99. The summed E-state index contributed by atoms with van der Waals surface area (Å²) >= 11 is 0. The Balaban J connectivity index is 1.51. The molecule has 1 aliphatic carbocycles. The van der Waals surface area contributed by atoms with Gasteiger partial charge in [0.05, 0.1) is 24.8 Å². The van der Waals surface area contributed by atoms with Crippen LogP contribution in [-0.2, 0) is 16.8 Å². The van der Waals surface area contributed by atoms with Crippen molar-refractivity contribution < 1.29 is 27.5 Å². The van der Waals surface area contributed by atoms with E-state index in [-0.39, 0.29) is 42.9 Å². The minimum Gasteiger partial charge on any atom is -0.489 e. The second-order valence-electron chi connectivity index (χ2n) is 11.1. The monoisotopic (exact) mass is 539 g/mol. The van der Waals surface area contributed by atoms with Crippen LogP contribution >= 0.6 is 0 Å². The van der Waals surface area contributed by atoms with Gasteiger partial charge in [-0.25, -0.2) is 4.98 Å². The number of alkyl halides is 3. The molecule has 1 aromatic heterocycles. The molecule has 2 aromatic rings. The number of benzene rings is 1. The Hall–Kier alpha value is -3.94. The van der Waals surface area contributed by atoms with E-state index in [0.717, 1.165) is 24.1 Å². The number of pyridine rings is 1. The molecule has 3 heterocycles. The minimum atomic E-state index is -5.15. The highest BCUT2D eigenvalue weighted by atomic mass is 19.4. The third-order valence-electron chi connectivity index (χ3n) is 7.06. The van der Waals surface area contributed by atoms with Crippen LogP contribution in [0.4, 0.5) is 18.9 Å². The normalized spacial score (nSPS) is 17.9. The van der Waals surface area contributed by atoms with Gasteiger partial charge in [0.15, 0.2) is 11.6 Å². The molecule has 5 rings (SSSR count). The molecular formula is C28H28F3N5O3. The van der Waals surface area contributed by atoms with Crippen molar-refractivity contribution in [2.75, 3.05) is 31.1 Å². The summed E-state index contributed by atoms with van der Waals surface area (Å²) in [6.45, 7) is 6.74. The number of Topliss-reactive ketones (excluding diaryl/α,β-unsaturated/α-hetero) is 1. The topological polar surface area (TPSA) is 98.9 Å². The summed E-state index contributed by atoms with van der Waals surface area (Å²) in [5, 5.41) is 9.31. The first-order valence-corrected chi connectivity index (χ1v) is 12.8. The number of amidine groups is 1. The number of ether oxygens (including phenoxy) is 1. The summed E-state index contributed by atoms with van der Waals surface area (Å²) in [4.78, 5) is 36.7. The predicted molar refractivity (Wildman–Crippen MR) is 137 cm³/mol. The van der Waals surface area contributed by atoms with Crippen molar-refractivity contribution in [2.24, 2.45) is 4.99 Å². The second kappa shape index (κ2) is 9.67. The highest BCUT2D eigenvalue weighted by Gasteiger charge is 2.41. The van der Waals surface area contributed by atoms with Crippen molar-refractivity contribution in [2.45, 2.75) is 57.7 Å². The number of ketones is 1. The first-order chi connectivity index (χ1) is 18.4. The number of amides is 1. The molecule has 0 N–H and O–H groups in total. The van der Waals surface area contributed by atoms with E-state index in [2.05, 4.69) is 16.0 Å². The van der Waals surface area contributed by atoms with Gasteiger partial charge in [-0.2, -0.15) is 23.4 Å². The largest absolute Gasteiger partial charge is 0.489 e. The Labute approximate surface area is 224 Å². The molecule has 8 nitrogen and oxygen atoms in total. The van der Waals surface area contributed by atoms with E-state index < -0.39 is 17.5 Å². The number of carbonyl (C=O) groups excluding carboxylic acids is 2. The summed E-state index contributed by atoms with van der Waals surface area (Å²) in [6, 6.07) is 9.16. The Morgan fingerprint density at radius 2 is 1.92 bits per heavy atom. The summed E-state index contributed by atoms with van der Waals surface area (Å²) in [7, 11) is 0. The van der Waals surface area contributed by atoms with Gasteiger partial charge in [0, 0.05) is 34.8 Å². The molecule has 0 radical (unpaired) electrons. The molecule has 39 heavy (non-hydrogen) atoms. The van der Waals surface area contributed by atoms with Crippen LogP contribution in [0.1, 0.15) is 72.4 Å². The number of hydrogen-bond donors (Lipinski definition) is 0. The van der Waals surface area contributed by atoms with Crippen molar-refractivity contribution >= 4 is 23.2 Å². The quantitative estimate of drug-likeness (QED) is 0.407. The van der Waals surface area contributed by atoms with Crippen LogP contribution in [0.5, 0.6) is 5.75 Å². The Kier molecular flexibility index (Phi) is 6.61. The van der Waals surface area contributed by atoms with Crippen molar-refractivity contribution in [3.05, 3.63) is 52.3 Å². The molecule has 1 saturated carbocycles. The smallest absolute Gasteiger partial charge is 0.473 e. The zero-order chi connectivity index (χ0) is 28.1. The third kappa shape index (κ3) is 5.33. The van der Waals surface area contributed by atoms with Gasteiger partial charge in [-0.3, -0.25) is 9.59 Å². The van der Waals surface area contributed by atoms with Gasteiger partial charge < -0.3 is 14.5 Å². The van der Waals surface area contributed by atoms with E-state index >= 15 is 0 Å². The molecule has 0 bridgehead atoms. The van der Waals surface area contributed by atoms with E-state index in [4.69, 9.17) is 4.74 Å². The lowest BCUT2D eigenvalue weighted by molar-refractivity contribution is -0.169. The highest BCUT2D eigenvalue weighted by molar-refractivity contribution is 6.10. The summed E-state index contributed by atoms with van der Waals surface area (Å²) in [5.41, 5.74) is 2.91. The minimum absolute atomic E-state index is 0.101. The van der Waals surface area contributed by atoms with Crippen molar-refractivity contribution in [3.8, 4) is 11.8 Å². The lowest BCUT2D eigenvalue weighted by Gasteiger charge is -2.34. The number of anilines is 1. The summed E-state index contributed by atoms with van der Waals surface area (Å²) in [6.07, 6.45) is -3.25. The summed E-state index contributed by atoms with van der Waals surface area (Å²) < 4.78 is 45.4. The number of nitrogens with zero attached hydrogens (tertiary/aromatic N) is 5. The molecule has 1 aromatic carbocycles. The third-order valence-corrected chi connectivity index (χ3v) is 7.06. The molecule has 0 unspecified atom stereocenters. The van der Waals surface area contributed by atoms with Crippen LogP contribution in [0.25, 0.3) is 0 Å². The molecule has 1 amide bonds. The Morgan fingerprint density at radius 1 is 1.18 bits per heavy atom. The van der Waals surface area contributed by atoms with Gasteiger partial charge in [0.25, 0.3) is 0 Å². The van der Waals surface area contributed by atoms with Gasteiger partial charge in [-0.05, 0) is 36.5 Å². The number of carbonyl (C=O) groups is 2. The molecular weight excluding hydrogens is 511 g/mol. The van der Waals surface area contributed by atoms with Gasteiger partial charge >= 0.3 is 12.1 Å². The predicted octanol–water partition coefficient (Wildman–Crippen LogP) is 4.51. The lowest BCUT2D eigenvalue weighted by atomic mass is 9.84. The van der Waals surface area contributed by atoms with Crippen LogP contribution in [-0.4, -0.2) is 59.8 Å². The number of fused-ring (bicyclic) bond motifs is 2. The van der Waals surface area contributed by atoms with E-state index in [1.165, 1.54) is 4.90 Å². The first-order valence-electron chi connectivity index (χ1n) is 12.8. The molecule has 3 aliphatic rings. The van der Waals surface area contributed by atoms with E-state index in [0.29, 0.717) is 35.7 Å². The number of nitriles is 1. The SMILES string of the molecule is CC(C)(C)c1cc(C(=O)CN2Cc3ccc(C4CC4)nc3/C2=N/C(=O)C(F)(F)F)cc2c1OCCN2CC#N. The molecule has 1 fully saturated rings. The maximum absolute atomic E-state index is 13.6. The number of halogens is 3. The average molecular weight is 540 g/mol. The number of hydrogen-bond acceptors (Lipinski definition) is 6. The first kappa shape index (κ1) is 26.7. The standard InChI is InChI=1S/C28H28F3N5O3/c1-27(2,3)19-12-18(13-21-24(19)39-11-10-35(21)9-8-32)22(37)15-36-14-17-6-7-20(16-4-5-16)33-23(17)25(36)34-26(38)28(29,30)31/h6-7,12-13,16H,4-5,9-11,14-15H2,1-3H3/b34-25-. The number of aliphatic imine (C=N–C) groups is 1. The van der Waals surface area contributed by atoms with Gasteiger partial charge in [-0.15, -0.1) is 0 Å². The van der Waals surface area contributed by atoms with Gasteiger partial charge in [0.2, 0.25) is 0 Å². The Morgan fingerprint density at radius 3 is 2.56 bits per heavy atom. The van der Waals surface area contributed by atoms with Gasteiger partial charge in [0.1, 0.15) is 24.6 Å². The van der Waals surface area contributed by atoms with Crippen molar-refractivity contribution in [1.29, 1.82) is 5.26 Å². The van der Waals surface area contributed by atoms with Crippen LogP contribution in [0.15, 0.2) is 29.3 Å². The number of rotatable bonds is 5. The molecule has 0 saturated heterocycles.